The van der Waals surface area contributed by atoms with Crippen LogP contribution in [0.5, 0.6) is 5.75 Å². The van der Waals surface area contributed by atoms with E-state index in [1.54, 1.807) is 12.1 Å². The molecule has 0 spiro atoms. The predicted molar refractivity (Wildman–Crippen MR) is 136 cm³/mol. The molecule has 1 atom stereocenters. The Morgan fingerprint density at radius 3 is 2.68 bits per heavy atom. The van der Waals surface area contributed by atoms with Crippen LogP contribution in [0.25, 0.3) is 17.0 Å². The van der Waals surface area contributed by atoms with E-state index >= 15 is 8.78 Å². The molecule has 5 rings (SSSR count). The van der Waals surface area contributed by atoms with Crippen LogP contribution in [-0.4, -0.2) is 46.1 Å². The number of aliphatic imine (C=N–C) groups is 1. The third-order valence-electron chi connectivity index (χ3n) is 6.67. The molecule has 1 saturated carbocycles. The molecule has 38 heavy (non-hydrogen) atoms. The van der Waals surface area contributed by atoms with E-state index in [1.165, 1.54) is 27.8 Å². The summed E-state index contributed by atoms with van der Waals surface area (Å²) in [7, 11) is 0. The molecule has 1 aromatic heterocycles. The number of nitro groups is 1. The van der Waals surface area contributed by atoms with Crippen molar-refractivity contribution in [3.05, 3.63) is 80.1 Å². The van der Waals surface area contributed by atoms with Gasteiger partial charge in [0, 0.05) is 43.0 Å². The molecule has 1 unspecified atom stereocenters. The van der Waals surface area contributed by atoms with Crippen LogP contribution in [0.4, 0.5) is 25.0 Å². The molecule has 10 nitrogen and oxygen atoms in total. The first kappa shape index (κ1) is 25.1. The molecule has 2 aliphatic rings. The minimum absolute atomic E-state index is 0.0714. The van der Waals surface area contributed by atoms with E-state index in [0.717, 1.165) is 12.3 Å². The topological polar surface area (TPSA) is 127 Å². The lowest BCUT2D eigenvalue weighted by molar-refractivity contribution is -0.384. The van der Waals surface area contributed by atoms with Gasteiger partial charge in [0.1, 0.15) is 5.69 Å². The van der Waals surface area contributed by atoms with Crippen LogP contribution in [0.3, 0.4) is 0 Å². The number of aromatic nitrogens is 1. The van der Waals surface area contributed by atoms with E-state index in [2.05, 4.69) is 16.3 Å². The maximum atomic E-state index is 16.1. The number of anilines is 1. The van der Waals surface area contributed by atoms with Gasteiger partial charge in [-0.2, -0.15) is 0 Å². The highest BCUT2D eigenvalue weighted by atomic mass is 19.1. The zero-order valence-electron chi connectivity index (χ0n) is 20.0. The lowest BCUT2D eigenvalue weighted by atomic mass is 10.0. The Morgan fingerprint density at radius 2 is 2.03 bits per heavy atom. The average molecular weight is 524 g/mol. The number of ether oxygens (including phenoxy) is 1. The fourth-order valence-corrected chi connectivity index (χ4v) is 4.78. The molecule has 3 aromatic rings. The highest BCUT2D eigenvalue weighted by molar-refractivity contribution is 5.93. The largest absolute Gasteiger partial charge is 0.511 e. The van der Waals surface area contributed by atoms with Gasteiger partial charge in [-0.05, 0) is 24.8 Å². The number of nitro benzene ring substituents is 1. The zero-order valence-corrected chi connectivity index (χ0v) is 20.0. The third kappa shape index (κ3) is 4.49. The summed E-state index contributed by atoms with van der Waals surface area (Å²) in [5, 5.41) is 19.7. The summed E-state index contributed by atoms with van der Waals surface area (Å²) in [5.41, 5.74) is -1.18. The van der Waals surface area contributed by atoms with Crippen molar-refractivity contribution in [1.29, 1.82) is 0 Å². The molecule has 2 heterocycles. The molecule has 2 fully saturated rings. The SMILES string of the molecule is C=Cc1c(F)c(N2CCC(N=Cc3cccc([N+](=O)[O-])c3)C2)c(F)c2c1c(=O)c(OC(=O)O)cn2C1CC1. The Labute approximate surface area is 214 Å². The normalized spacial score (nSPS) is 17.3. The number of rotatable bonds is 7. The van der Waals surface area contributed by atoms with Crippen molar-refractivity contribution >= 4 is 40.7 Å². The third-order valence-corrected chi connectivity index (χ3v) is 6.67. The monoisotopic (exact) mass is 524 g/mol. The van der Waals surface area contributed by atoms with E-state index in [1.807, 2.05) is 0 Å². The molecule has 196 valence electrons. The lowest BCUT2D eigenvalue weighted by Gasteiger charge is -2.23. The molecule has 0 radical (unpaired) electrons. The second kappa shape index (κ2) is 9.69. The van der Waals surface area contributed by atoms with E-state index in [4.69, 9.17) is 5.11 Å². The number of halogens is 2. The number of hydrogen-bond acceptors (Lipinski definition) is 7. The molecular weight excluding hydrogens is 502 g/mol. The first-order valence-corrected chi connectivity index (χ1v) is 11.8. The minimum Gasteiger partial charge on any atom is -0.449 e. The second-order valence-corrected chi connectivity index (χ2v) is 9.17. The second-order valence-electron chi connectivity index (χ2n) is 9.17. The highest BCUT2D eigenvalue weighted by Gasteiger charge is 2.34. The van der Waals surface area contributed by atoms with Crippen LogP contribution < -0.4 is 15.1 Å². The van der Waals surface area contributed by atoms with Crippen LogP contribution in [-0.2, 0) is 0 Å². The molecule has 0 amide bonds. The molecule has 1 saturated heterocycles. The molecule has 1 aliphatic heterocycles. The number of non-ortho nitro benzene ring substituents is 1. The zero-order chi connectivity index (χ0) is 27.1. The maximum absolute atomic E-state index is 16.1. The molecular formula is C26H22F2N4O6. The number of hydrogen-bond donors (Lipinski definition) is 1. The molecule has 12 heteroatoms. The van der Waals surface area contributed by atoms with Crippen molar-refractivity contribution in [2.24, 2.45) is 4.99 Å². The number of fused-ring (bicyclic) bond motifs is 1. The molecule has 2 aromatic carbocycles. The quantitative estimate of drug-likeness (QED) is 0.201. The van der Waals surface area contributed by atoms with Gasteiger partial charge in [-0.15, -0.1) is 0 Å². The Morgan fingerprint density at radius 1 is 1.26 bits per heavy atom. The van der Waals surface area contributed by atoms with Crippen molar-refractivity contribution in [3.8, 4) is 5.75 Å². The maximum Gasteiger partial charge on any atom is 0.511 e. The highest BCUT2D eigenvalue weighted by Crippen LogP contribution is 2.42. The van der Waals surface area contributed by atoms with E-state index in [0.29, 0.717) is 24.8 Å². The first-order valence-electron chi connectivity index (χ1n) is 11.8. The van der Waals surface area contributed by atoms with Gasteiger partial charge in [0.05, 0.1) is 28.1 Å². The summed E-state index contributed by atoms with van der Waals surface area (Å²) in [6, 6.07) is 5.45. The Balaban J connectivity index is 1.54. The van der Waals surface area contributed by atoms with Crippen molar-refractivity contribution in [3.63, 3.8) is 0 Å². The lowest BCUT2D eigenvalue weighted by Crippen LogP contribution is -2.25. The Bertz CT molecular complexity index is 1580. The van der Waals surface area contributed by atoms with Gasteiger partial charge in [-0.3, -0.25) is 19.9 Å². The van der Waals surface area contributed by atoms with Crippen molar-refractivity contribution < 1.29 is 28.3 Å². The number of carboxylic acid groups (broad SMARTS) is 1. The van der Waals surface area contributed by atoms with Crippen molar-refractivity contribution in [2.45, 2.75) is 31.3 Å². The van der Waals surface area contributed by atoms with Gasteiger partial charge in [-0.25, -0.2) is 13.6 Å². The predicted octanol–water partition coefficient (Wildman–Crippen LogP) is 4.92. The van der Waals surface area contributed by atoms with Crippen LogP contribution in [0.1, 0.15) is 36.4 Å². The summed E-state index contributed by atoms with van der Waals surface area (Å²) in [6.07, 6.45) is 3.89. The van der Waals surface area contributed by atoms with E-state index < -0.39 is 33.9 Å². The first-order chi connectivity index (χ1) is 18.2. The Hall–Kier alpha value is -4.61. The van der Waals surface area contributed by atoms with Crippen LogP contribution in [0.15, 0.2) is 46.8 Å². The Kier molecular flexibility index (Phi) is 6.39. The summed E-state index contributed by atoms with van der Waals surface area (Å²) in [5.74, 6) is -2.46. The summed E-state index contributed by atoms with van der Waals surface area (Å²) in [6.45, 7) is 4.06. The minimum atomic E-state index is -1.71. The number of carbonyl (C=O) groups is 1. The molecule has 0 bridgehead atoms. The number of pyridine rings is 1. The van der Waals surface area contributed by atoms with Gasteiger partial charge in [0.25, 0.3) is 5.69 Å². The van der Waals surface area contributed by atoms with Gasteiger partial charge in [0.2, 0.25) is 5.43 Å². The standard InChI is InChI=1S/C26H22F2N4O6/c1-2-18-20-23(31(16-6-7-16)13-19(25(20)33)38-26(34)35)22(28)24(21(18)27)30-9-8-15(12-30)29-11-14-4-3-5-17(10-14)32(36)37/h2-5,10-11,13,15-16H,1,6-9,12H2,(H,34,35). The molecule has 1 N–H and O–H groups in total. The van der Waals surface area contributed by atoms with Crippen molar-refractivity contribution in [1.82, 2.24) is 4.57 Å². The summed E-state index contributed by atoms with van der Waals surface area (Å²) in [4.78, 5) is 40.6. The van der Waals surface area contributed by atoms with Crippen LogP contribution in [0, 0.1) is 21.7 Å². The number of nitrogens with zero attached hydrogens (tertiary/aromatic N) is 4. The summed E-state index contributed by atoms with van der Waals surface area (Å²) >= 11 is 0. The fraction of sp³-hybridized carbons (Fsp3) is 0.269. The van der Waals surface area contributed by atoms with Gasteiger partial charge < -0.3 is 19.3 Å². The average Bonchev–Trinajstić information content (AvgIpc) is 3.63. The smallest absolute Gasteiger partial charge is 0.449 e. The molecule has 1 aliphatic carbocycles. The van der Waals surface area contributed by atoms with Crippen molar-refractivity contribution in [2.75, 3.05) is 18.0 Å². The van der Waals surface area contributed by atoms with Gasteiger partial charge >= 0.3 is 6.16 Å². The number of benzene rings is 2. The van der Waals surface area contributed by atoms with E-state index in [-0.39, 0.29) is 53.0 Å². The van der Waals surface area contributed by atoms with E-state index in [9.17, 15) is 19.7 Å². The van der Waals surface area contributed by atoms with Crippen LogP contribution >= 0.6 is 0 Å². The summed E-state index contributed by atoms with van der Waals surface area (Å²) < 4.78 is 37.9. The van der Waals surface area contributed by atoms with Crippen LogP contribution in [0.2, 0.25) is 0 Å². The van der Waals surface area contributed by atoms with Gasteiger partial charge in [-0.1, -0.05) is 24.8 Å². The van der Waals surface area contributed by atoms with Gasteiger partial charge in [0.15, 0.2) is 17.4 Å². The fourth-order valence-electron chi connectivity index (χ4n) is 4.78.